The Kier molecular flexibility index (Phi) is 5.36. The average Bonchev–Trinajstić information content (AvgIpc) is 3.33. The number of fused-ring (bicyclic) bond motifs is 1. The molecule has 0 radical (unpaired) electrons. The van der Waals surface area contributed by atoms with Crippen molar-refractivity contribution in [3.05, 3.63) is 23.5 Å². The fraction of sp³-hybridized carbons (Fsp3) is 0.688. The zero-order chi connectivity index (χ0) is 19.8. The number of aliphatic hydroxyl groups excluding tert-OH is 2. The van der Waals surface area contributed by atoms with Crippen molar-refractivity contribution in [2.45, 2.75) is 63.7 Å². The van der Waals surface area contributed by atoms with Crippen molar-refractivity contribution in [3.8, 4) is 0 Å². The van der Waals surface area contributed by atoms with Crippen LogP contribution in [0.3, 0.4) is 0 Å². The quantitative estimate of drug-likeness (QED) is 0.573. The maximum atomic E-state index is 10.5. The van der Waals surface area contributed by atoms with E-state index in [1.54, 1.807) is 15.6 Å². The van der Waals surface area contributed by atoms with E-state index in [1.807, 2.05) is 20.8 Å². The summed E-state index contributed by atoms with van der Waals surface area (Å²) >= 11 is 1.43. The van der Waals surface area contributed by atoms with Crippen LogP contribution < -0.4 is 5.32 Å². The molecule has 4 rings (SSSR count). The summed E-state index contributed by atoms with van der Waals surface area (Å²) in [5.74, 6) is 1.52. The number of aliphatic imine (C=N–C) groups is 1. The van der Waals surface area contributed by atoms with Crippen molar-refractivity contribution in [1.29, 1.82) is 0 Å². The monoisotopic (exact) mass is 408 g/mol. The molecule has 3 N–H and O–H groups in total. The Hall–Kier alpha value is -2.02. The van der Waals surface area contributed by atoms with Gasteiger partial charge in [0.25, 0.3) is 0 Å². The number of hydrogen-bond donors (Lipinski definition) is 3. The Labute approximate surface area is 166 Å². The smallest absolute Gasteiger partial charge is 0.159 e. The van der Waals surface area contributed by atoms with Gasteiger partial charge in [-0.25, -0.2) is 14.3 Å². The zero-order valence-corrected chi connectivity index (χ0v) is 16.7. The van der Waals surface area contributed by atoms with Crippen LogP contribution in [0.5, 0.6) is 0 Å². The Morgan fingerprint density at radius 2 is 2.14 bits per heavy atom. The van der Waals surface area contributed by atoms with Crippen LogP contribution in [-0.2, 0) is 17.8 Å². The van der Waals surface area contributed by atoms with Crippen LogP contribution in [0.15, 0.2) is 11.2 Å². The first-order chi connectivity index (χ1) is 13.4. The Morgan fingerprint density at radius 3 is 2.86 bits per heavy atom. The number of aromatic nitrogens is 6. The molecule has 11 nitrogen and oxygen atoms in total. The van der Waals surface area contributed by atoms with Crippen molar-refractivity contribution in [3.63, 3.8) is 0 Å². The number of hydrogen-bond acceptors (Lipinski definition) is 9. The summed E-state index contributed by atoms with van der Waals surface area (Å²) in [6.45, 7) is 7.06. The largest absolute Gasteiger partial charge is 0.388 e. The minimum absolute atomic E-state index is 0.282. The van der Waals surface area contributed by atoms with Gasteiger partial charge in [0, 0.05) is 6.54 Å². The van der Waals surface area contributed by atoms with E-state index in [4.69, 9.17) is 4.74 Å². The highest BCUT2D eigenvalue weighted by Crippen LogP contribution is 2.34. The van der Waals surface area contributed by atoms with Crippen LogP contribution in [0.25, 0.3) is 0 Å². The molecule has 0 saturated carbocycles. The van der Waals surface area contributed by atoms with Crippen molar-refractivity contribution in [1.82, 2.24) is 35.1 Å². The van der Waals surface area contributed by atoms with Crippen molar-refractivity contribution >= 4 is 16.9 Å². The molecule has 0 bridgehead atoms. The molecule has 2 aromatic heterocycles. The summed E-state index contributed by atoms with van der Waals surface area (Å²) in [4.78, 5) is 8.60. The molecular formula is C16H24N8O3S. The van der Waals surface area contributed by atoms with Gasteiger partial charge in [0.15, 0.2) is 5.17 Å². The molecule has 2 aromatic rings. The normalized spacial score (nSPS) is 31.2. The van der Waals surface area contributed by atoms with E-state index in [-0.39, 0.29) is 18.0 Å². The van der Waals surface area contributed by atoms with Gasteiger partial charge in [-0.05, 0) is 20.8 Å². The van der Waals surface area contributed by atoms with E-state index in [1.165, 1.54) is 11.8 Å². The molecule has 0 aliphatic carbocycles. The number of nitrogens with zero attached hydrogens (tertiary/aromatic N) is 7. The van der Waals surface area contributed by atoms with Gasteiger partial charge in [-0.15, -0.1) is 5.10 Å². The number of rotatable bonds is 5. The Balaban J connectivity index is 1.42. The lowest BCUT2D eigenvalue weighted by atomic mass is 9.98. The van der Waals surface area contributed by atoms with Gasteiger partial charge in [-0.1, -0.05) is 17.0 Å². The van der Waals surface area contributed by atoms with E-state index < -0.39 is 18.3 Å². The molecule has 0 spiro atoms. The summed E-state index contributed by atoms with van der Waals surface area (Å²) < 4.78 is 9.39. The summed E-state index contributed by atoms with van der Waals surface area (Å²) in [6, 6.07) is -0.383. The zero-order valence-electron chi connectivity index (χ0n) is 15.9. The van der Waals surface area contributed by atoms with Gasteiger partial charge >= 0.3 is 0 Å². The van der Waals surface area contributed by atoms with Crippen LogP contribution in [-0.4, -0.2) is 81.5 Å². The molecule has 0 unspecified atom stereocenters. The first-order valence-electron chi connectivity index (χ1n) is 9.21. The Bertz CT molecular complexity index is 868. The number of ether oxygens (including phenoxy) is 1. The predicted molar refractivity (Wildman–Crippen MR) is 102 cm³/mol. The van der Waals surface area contributed by atoms with Gasteiger partial charge < -0.3 is 20.3 Å². The predicted octanol–water partition coefficient (Wildman–Crippen LogP) is -0.938. The highest BCUT2D eigenvalue weighted by atomic mass is 32.2. The standard InChI is InChI=1S/C16H24N8O3S/c1-4-17-16-19-12-14(26)13(25)11(27-15(12)28-16)7-23-5-10(20-22-23)6-24-9(3)18-8(2)21-24/h5,11-15,25-26H,4,6-7H2,1-3H3,(H,17,19)/t11-,12-,13-,14-,15-/m1/s1. The first-order valence-corrected chi connectivity index (χ1v) is 10.1. The second-order valence-electron chi connectivity index (χ2n) is 6.89. The van der Waals surface area contributed by atoms with Crippen molar-refractivity contribution in [2.24, 2.45) is 4.99 Å². The third-order valence-corrected chi connectivity index (χ3v) is 5.85. The molecule has 28 heavy (non-hydrogen) atoms. The number of nitrogens with one attached hydrogen (secondary N) is 1. The number of amidine groups is 1. The fourth-order valence-corrected chi connectivity index (χ4v) is 4.60. The number of thioether (sulfide) groups is 1. The summed E-state index contributed by atoms with van der Waals surface area (Å²) in [6.07, 6.45) is -0.807. The van der Waals surface area contributed by atoms with Gasteiger partial charge in [-0.2, -0.15) is 5.10 Å². The fourth-order valence-electron chi connectivity index (χ4n) is 3.40. The second kappa shape index (κ2) is 7.78. The summed E-state index contributed by atoms with van der Waals surface area (Å²) in [7, 11) is 0. The van der Waals surface area contributed by atoms with Gasteiger partial charge in [0.2, 0.25) is 0 Å². The number of aryl methyl sites for hydroxylation is 2. The molecule has 2 aliphatic heterocycles. The highest BCUT2D eigenvalue weighted by molar-refractivity contribution is 8.14. The first kappa shape index (κ1) is 19.3. The third kappa shape index (κ3) is 3.77. The molecule has 12 heteroatoms. The van der Waals surface area contributed by atoms with E-state index in [9.17, 15) is 10.2 Å². The summed E-state index contributed by atoms with van der Waals surface area (Å²) in [5, 5.41) is 37.4. The highest BCUT2D eigenvalue weighted by Gasteiger charge is 2.49. The second-order valence-corrected chi connectivity index (χ2v) is 7.97. The van der Waals surface area contributed by atoms with Crippen molar-refractivity contribution in [2.75, 3.05) is 6.54 Å². The topological polar surface area (TPSA) is 136 Å². The molecule has 2 aliphatic rings. The average molecular weight is 408 g/mol. The van der Waals surface area contributed by atoms with Crippen LogP contribution in [0.2, 0.25) is 0 Å². The lowest BCUT2D eigenvalue weighted by molar-refractivity contribution is -0.160. The molecule has 2 saturated heterocycles. The van der Waals surface area contributed by atoms with Crippen LogP contribution >= 0.6 is 11.8 Å². The van der Waals surface area contributed by atoms with E-state index in [0.717, 1.165) is 16.7 Å². The van der Waals surface area contributed by atoms with Gasteiger partial charge in [0.05, 0.1) is 25.3 Å². The summed E-state index contributed by atoms with van der Waals surface area (Å²) in [5.41, 5.74) is 0.420. The maximum Gasteiger partial charge on any atom is 0.159 e. The van der Waals surface area contributed by atoms with Crippen molar-refractivity contribution < 1.29 is 14.9 Å². The van der Waals surface area contributed by atoms with Crippen LogP contribution in [0, 0.1) is 13.8 Å². The molecule has 0 aromatic carbocycles. The van der Waals surface area contributed by atoms with E-state index in [0.29, 0.717) is 18.9 Å². The number of aliphatic hydroxyl groups is 2. The SMILES string of the molecule is CCN=C1N[C@@H]2[C@@H](O)[C@H](O)[C@@H](Cn3cc(Cn4nc(C)nc4C)nn3)O[C@@H]2S1. The molecular weight excluding hydrogens is 384 g/mol. The lowest BCUT2D eigenvalue weighted by Crippen LogP contribution is -2.59. The minimum atomic E-state index is -1.04. The van der Waals surface area contributed by atoms with Crippen LogP contribution in [0.1, 0.15) is 24.3 Å². The lowest BCUT2D eigenvalue weighted by Gasteiger charge is -2.38. The molecule has 0 amide bonds. The molecule has 4 heterocycles. The molecule has 5 atom stereocenters. The van der Waals surface area contributed by atoms with E-state index in [2.05, 4.69) is 30.7 Å². The minimum Gasteiger partial charge on any atom is -0.388 e. The van der Waals surface area contributed by atoms with Gasteiger partial charge in [0.1, 0.15) is 41.1 Å². The van der Waals surface area contributed by atoms with Gasteiger partial charge in [-0.3, -0.25) is 4.99 Å². The third-order valence-electron chi connectivity index (χ3n) is 4.75. The maximum absolute atomic E-state index is 10.5. The van der Waals surface area contributed by atoms with E-state index >= 15 is 0 Å². The van der Waals surface area contributed by atoms with Crippen LogP contribution in [0.4, 0.5) is 0 Å². The Morgan fingerprint density at radius 1 is 1.32 bits per heavy atom. The molecule has 2 fully saturated rings. The molecule has 152 valence electrons.